The smallest absolute Gasteiger partial charge is 0.0223 e. The van der Waals surface area contributed by atoms with Gasteiger partial charge in [0.2, 0.25) is 0 Å². The maximum atomic E-state index is 3.58. The van der Waals surface area contributed by atoms with E-state index in [-0.39, 0.29) is 0 Å². The average molecular weight is 123 g/mol. The van der Waals surface area contributed by atoms with Gasteiger partial charge in [0.05, 0.1) is 0 Å². The second-order valence-electron chi connectivity index (χ2n) is 1.91. The molecule has 0 saturated carbocycles. The first-order chi connectivity index (χ1) is 4.31. The summed E-state index contributed by atoms with van der Waals surface area (Å²) in [4.78, 5) is 3.58. The largest absolute Gasteiger partial charge is 0.273 e. The number of hydrogen-bond donors (Lipinski definition) is 0. The molecule has 0 aliphatic carbocycles. The predicted octanol–water partition coefficient (Wildman–Crippen LogP) is 2.56. The Morgan fingerprint density at radius 3 is 2.78 bits per heavy atom. The molecule has 0 bridgehead atoms. The molecule has 0 aromatic heterocycles. The van der Waals surface area contributed by atoms with Crippen molar-refractivity contribution in [2.24, 2.45) is 4.99 Å². The van der Waals surface area contributed by atoms with Gasteiger partial charge < -0.3 is 0 Å². The van der Waals surface area contributed by atoms with Crippen molar-refractivity contribution >= 4 is 6.72 Å². The van der Waals surface area contributed by atoms with Crippen LogP contribution in [0.1, 0.15) is 20.3 Å². The maximum Gasteiger partial charge on any atom is 0.0223 e. The van der Waals surface area contributed by atoms with E-state index in [4.69, 9.17) is 0 Å². The SMILES string of the molecule is C=N/C=C\C/C(C)=C\C. The van der Waals surface area contributed by atoms with Gasteiger partial charge in [0, 0.05) is 6.20 Å². The summed E-state index contributed by atoms with van der Waals surface area (Å²) in [7, 11) is 0. The van der Waals surface area contributed by atoms with Crippen molar-refractivity contribution in [2.45, 2.75) is 20.3 Å². The molecule has 0 radical (unpaired) electrons. The lowest BCUT2D eigenvalue weighted by Gasteiger charge is -1.88. The van der Waals surface area contributed by atoms with Crippen molar-refractivity contribution < 1.29 is 0 Å². The summed E-state index contributed by atoms with van der Waals surface area (Å²) in [5.41, 5.74) is 1.36. The van der Waals surface area contributed by atoms with Crippen LogP contribution in [0.5, 0.6) is 0 Å². The highest BCUT2D eigenvalue weighted by atomic mass is 14.6. The molecule has 0 spiro atoms. The van der Waals surface area contributed by atoms with Crippen LogP contribution in [0.3, 0.4) is 0 Å². The van der Waals surface area contributed by atoms with Gasteiger partial charge in [-0.25, -0.2) is 0 Å². The summed E-state index contributed by atoms with van der Waals surface area (Å²) >= 11 is 0. The van der Waals surface area contributed by atoms with E-state index in [1.54, 1.807) is 6.20 Å². The van der Waals surface area contributed by atoms with Crippen molar-refractivity contribution in [3.8, 4) is 0 Å². The summed E-state index contributed by atoms with van der Waals surface area (Å²) < 4.78 is 0. The second-order valence-corrected chi connectivity index (χ2v) is 1.91. The van der Waals surface area contributed by atoms with E-state index in [1.165, 1.54) is 5.57 Å². The van der Waals surface area contributed by atoms with Gasteiger partial charge in [0.1, 0.15) is 0 Å². The number of aliphatic imine (C=N–C) groups is 1. The van der Waals surface area contributed by atoms with Gasteiger partial charge in [-0.1, -0.05) is 17.7 Å². The zero-order valence-corrected chi connectivity index (χ0v) is 6.09. The van der Waals surface area contributed by atoms with Crippen LogP contribution in [0.15, 0.2) is 28.9 Å². The highest BCUT2D eigenvalue weighted by Gasteiger charge is 1.78. The summed E-state index contributed by atoms with van der Waals surface area (Å²) in [5.74, 6) is 0. The molecule has 0 unspecified atom stereocenters. The molecule has 1 heteroatoms. The second kappa shape index (κ2) is 5.29. The number of allylic oxidation sites excluding steroid dienone is 3. The minimum absolute atomic E-state index is 0.982. The van der Waals surface area contributed by atoms with Gasteiger partial charge in [-0.15, -0.1) is 0 Å². The first-order valence-electron chi connectivity index (χ1n) is 3.04. The third kappa shape index (κ3) is 5.01. The van der Waals surface area contributed by atoms with E-state index in [0.717, 1.165) is 6.42 Å². The Hall–Kier alpha value is -0.850. The molecule has 0 aromatic rings. The Morgan fingerprint density at radius 1 is 1.67 bits per heavy atom. The summed E-state index contributed by atoms with van der Waals surface area (Å²) in [5, 5.41) is 0. The lowest BCUT2D eigenvalue weighted by atomic mass is 10.2. The highest BCUT2D eigenvalue weighted by Crippen LogP contribution is 1.98. The lowest BCUT2D eigenvalue weighted by Crippen LogP contribution is -1.68. The fraction of sp³-hybridized carbons (Fsp3) is 0.375. The van der Waals surface area contributed by atoms with Crippen LogP contribution in [-0.2, 0) is 0 Å². The molecular formula is C8H13N. The van der Waals surface area contributed by atoms with Gasteiger partial charge in [0.25, 0.3) is 0 Å². The summed E-state index contributed by atoms with van der Waals surface area (Å²) in [6, 6.07) is 0. The Kier molecular flexibility index (Phi) is 4.79. The highest BCUT2D eigenvalue weighted by molar-refractivity contribution is 5.25. The molecule has 0 atom stereocenters. The molecule has 0 amide bonds. The fourth-order valence-corrected chi connectivity index (χ4v) is 0.431. The van der Waals surface area contributed by atoms with E-state index in [1.807, 2.05) is 13.0 Å². The van der Waals surface area contributed by atoms with E-state index in [9.17, 15) is 0 Å². The third-order valence-electron chi connectivity index (χ3n) is 1.14. The first-order valence-corrected chi connectivity index (χ1v) is 3.04. The van der Waals surface area contributed by atoms with Crippen LogP contribution in [-0.4, -0.2) is 6.72 Å². The monoisotopic (exact) mass is 123 g/mol. The van der Waals surface area contributed by atoms with E-state index >= 15 is 0 Å². The number of hydrogen-bond acceptors (Lipinski definition) is 1. The molecule has 0 fully saturated rings. The molecule has 0 aliphatic heterocycles. The zero-order valence-electron chi connectivity index (χ0n) is 6.09. The van der Waals surface area contributed by atoms with Crippen LogP contribution in [0.4, 0.5) is 0 Å². The normalized spacial score (nSPS) is 12.4. The predicted molar refractivity (Wildman–Crippen MR) is 42.7 cm³/mol. The number of rotatable bonds is 3. The van der Waals surface area contributed by atoms with Crippen molar-refractivity contribution in [3.63, 3.8) is 0 Å². The topological polar surface area (TPSA) is 12.4 Å². The third-order valence-corrected chi connectivity index (χ3v) is 1.14. The van der Waals surface area contributed by atoms with Gasteiger partial charge in [-0.2, -0.15) is 0 Å². The van der Waals surface area contributed by atoms with Gasteiger partial charge in [0.15, 0.2) is 0 Å². The molecule has 0 aromatic carbocycles. The van der Waals surface area contributed by atoms with Gasteiger partial charge in [-0.05, 0) is 27.0 Å². The molecule has 1 nitrogen and oxygen atoms in total. The molecule has 0 saturated heterocycles. The van der Waals surface area contributed by atoms with Crippen LogP contribution in [0.2, 0.25) is 0 Å². The Labute approximate surface area is 56.8 Å². The van der Waals surface area contributed by atoms with E-state index in [2.05, 4.69) is 24.7 Å². The minimum atomic E-state index is 0.982. The van der Waals surface area contributed by atoms with Crippen molar-refractivity contribution in [1.29, 1.82) is 0 Å². The Bertz CT molecular complexity index is 132. The molecular weight excluding hydrogens is 110 g/mol. The van der Waals surface area contributed by atoms with Crippen molar-refractivity contribution in [1.82, 2.24) is 0 Å². The summed E-state index contributed by atoms with van der Waals surface area (Å²) in [6.45, 7) is 7.45. The van der Waals surface area contributed by atoms with Crippen LogP contribution < -0.4 is 0 Å². The van der Waals surface area contributed by atoms with Crippen molar-refractivity contribution in [2.75, 3.05) is 0 Å². The Balaban J connectivity index is 3.50. The van der Waals surface area contributed by atoms with E-state index in [0.29, 0.717) is 0 Å². The lowest BCUT2D eigenvalue weighted by molar-refractivity contribution is 1.19. The van der Waals surface area contributed by atoms with Gasteiger partial charge in [-0.3, -0.25) is 4.99 Å². The van der Waals surface area contributed by atoms with Crippen LogP contribution in [0.25, 0.3) is 0 Å². The minimum Gasteiger partial charge on any atom is -0.273 e. The molecule has 50 valence electrons. The molecule has 9 heavy (non-hydrogen) atoms. The maximum absolute atomic E-state index is 3.58. The van der Waals surface area contributed by atoms with Crippen LogP contribution in [0, 0.1) is 0 Å². The van der Waals surface area contributed by atoms with Gasteiger partial charge >= 0.3 is 0 Å². The number of nitrogens with zero attached hydrogens (tertiary/aromatic N) is 1. The zero-order chi connectivity index (χ0) is 7.11. The molecule has 0 rings (SSSR count). The van der Waals surface area contributed by atoms with E-state index < -0.39 is 0 Å². The Morgan fingerprint density at radius 2 is 2.33 bits per heavy atom. The van der Waals surface area contributed by atoms with Crippen molar-refractivity contribution in [3.05, 3.63) is 23.9 Å². The molecule has 0 N–H and O–H groups in total. The quantitative estimate of drug-likeness (QED) is 0.404. The molecule has 0 heterocycles. The average Bonchev–Trinajstić information content (AvgIpc) is 1.89. The molecule has 0 aliphatic rings. The standard InChI is InChI=1S/C8H13N/c1-4-8(2)6-5-7-9-3/h4-5,7H,3,6H2,1-2H3/b7-5-,8-4-. The fourth-order valence-electron chi connectivity index (χ4n) is 0.431. The van der Waals surface area contributed by atoms with Crippen LogP contribution >= 0.6 is 0 Å². The first kappa shape index (κ1) is 8.15. The summed E-state index contributed by atoms with van der Waals surface area (Å²) in [6.07, 6.45) is 6.78.